The molecule has 2 N–H and O–H groups in total. The lowest BCUT2D eigenvalue weighted by atomic mass is 10.2. The predicted octanol–water partition coefficient (Wildman–Crippen LogP) is 2.82. The molecule has 0 aliphatic rings. The average Bonchev–Trinajstić information content (AvgIpc) is 2.72. The molecule has 11 heteroatoms. The van der Waals surface area contributed by atoms with Gasteiger partial charge in [0.2, 0.25) is 15.9 Å². The molecule has 0 fully saturated rings. The van der Waals surface area contributed by atoms with Crippen LogP contribution in [0.25, 0.3) is 10.9 Å². The number of H-pyrrole nitrogens is 1. The summed E-state index contributed by atoms with van der Waals surface area (Å²) in [7, 11) is -4.26. The predicted molar refractivity (Wildman–Crippen MR) is 119 cm³/mol. The summed E-state index contributed by atoms with van der Waals surface area (Å²) >= 11 is 5.99. The first-order valence-electron chi connectivity index (χ1n) is 9.86. The molecule has 32 heavy (non-hydrogen) atoms. The summed E-state index contributed by atoms with van der Waals surface area (Å²) in [6, 6.07) is 8.42. The molecule has 3 aromatic rings. The number of carbonyl (C=O) groups excluding carboxylic acids is 1. The minimum Gasteiger partial charge on any atom is -0.334 e. The Labute approximate surface area is 189 Å². The maximum Gasteiger partial charge on any atom is 0.258 e. The summed E-state index contributed by atoms with van der Waals surface area (Å²) in [6.45, 7) is 3.47. The van der Waals surface area contributed by atoms with Crippen LogP contribution in [0.3, 0.4) is 0 Å². The zero-order valence-electron chi connectivity index (χ0n) is 17.4. The third kappa shape index (κ3) is 5.32. The number of sulfonamides is 1. The van der Waals surface area contributed by atoms with Crippen molar-refractivity contribution in [1.29, 1.82) is 0 Å². The van der Waals surface area contributed by atoms with Gasteiger partial charge in [0, 0.05) is 11.6 Å². The van der Waals surface area contributed by atoms with E-state index in [-0.39, 0.29) is 17.9 Å². The molecule has 0 saturated carbocycles. The highest BCUT2D eigenvalue weighted by Crippen LogP contribution is 2.16. The molecule has 0 aliphatic heterocycles. The molecule has 0 aliphatic carbocycles. The van der Waals surface area contributed by atoms with Crippen molar-refractivity contribution in [1.82, 2.24) is 19.6 Å². The number of halogens is 2. The fraction of sp³-hybridized carbons (Fsp3) is 0.286. The van der Waals surface area contributed by atoms with E-state index in [0.717, 1.165) is 12.1 Å². The second-order valence-electron chi connectivity index (χ2n) is 7.21. The fourth-order valence-electron chi connectivity index (χ4n) is 3.24. The quantitative estimate of drug-likeness (QED) is 0.515. The number of carbonyl (C=O) groups is 1. The lowest BCUT2D eigenvalue weighted by molar-refractivity contribution is -0.133. The SMILES string of the molecule is CCCN(Cc1nc2cc(Cl)ccc2c(=O)[nH]1)C(=O)[C@H](C)NS(=O)(=O)c1ccccc1F. The summed E-state index contributed by atoms with van der Waals surface area (Å²) < 4.78 is 41.2. The highest BCUT2D eigenvalue weighted by Gasteiger charge is 2.27. The van der Waals surface area contributed by atoms with E-state index in [4.69, 9.17) is 11.6 Å². The van der Waals surface area contributed by atoms with Crippen molar-refractivity contribution in [3.63, 3.8) is 0 Å². The number of hydrogen-bond donors (Lipinski definition) is 2. The van der Waals surface area contributed by atoms with Crippen LogP contribution in [-0.4, -0.2) is 41.8 Å². The number of amides is 1. The van der Waals surface area contributed by atoms with Crippen molar-refractivity contribution < 1.29 is 17.6 Å². The van der Waals surface area contributed by atoms with Crippen LogP contribution >= 0.6 is 11.6 Å². The van der Waals surface area contributed by atoms with Gasteiger partial charge in [-0.1, -0.05) is 30.7 Å². The van der Waals surface area contributed by atoms with Gasteiger partial charge in [-0.15, -0.1) is 0 Å². The van der Waals surface area contributed by atoms with E-state index >= 15 is 0 Å². The van der Waals surface area contributed by atoms with Gasteiger partial charge in [-0.3, -0.25) is 9.59 Å². The molecule has 3 rings (SSSR count). The van der Waals surface area contributed by atoms with E-state index in [1.165, 1.54) is 24.0 Å². The molecule has 0 saturated heterocycles. The first-order chi connectivity index (χ1) is 15.1. The van der Waals surface area contributed by atoms with Crippen molar-refractivity contribution >= 4 is 38.4 Å². The van der Waals surface area contributed by atoms with Gasteiger partial charge < -0.3 is 9.88 Å². The molecule has 0 unspecified atom stereocenters. The highest BCUT2D eigenvalue weighted by atomic mass is 35.5. The van der Waals surface area contributed by atoms with Crippen molar-refractivity contribution in [3.8, 4) is 0 Å². The molecule has 170 valence electrons. The number of nitrogens with zero attached hydrogens (tertiary/aromatic N) is 2. The summed E-state index contributed by atoms with van der Waals surface area (Å²) in [4.78, 5) is 33.2. The number of rotatable bonds is 8. The Bertz CT molecular complexity index is 1310. The summed E-state index contributed by atoms with van der Waals surface area (Å²) in [5.74, 6) is -1.22. The van der Waals surface area contributed by atoms with Crippen LogP contribution in [0.1, 0.15) is 26.1 Å². The number of aromatic amines is 1. The van der Waals surface area contributed by atoms with Crippen molar-refractivity contribution in [2.75, 3.05) is 6.54 Å². The summed E-state index contributed by atoms with van der Waals surface area (Å²) in [5.41, 5.74) is 0.00678. The topological polar surface area (TPSA) is 112 Å². The molecular formula is C21H22ClFN4O4S. The molecular weight excluding hydrogens is 459 g/mol. The highest BCUT2D eigenvalue weighted by molar-refractivity contribution is 7.89. The molecule has 1 atom stereocenters. The fourth-order valence-corrected chi connectivity index (χ4v) is 4.68. The number of aromatic nitrogens is 2. The Morgan fingerprint density at radius 3 is 2.69 bits per heavy atom. The molecule has 2 aromatic carbocycles. The van der Waals surface area contributed by atoms with Gasteiger partial charge in [-0.25, -0.2) is 17.8 Å². The Morgan fingerprint density at radius 1 is 1.28 bits per heavy atom. The van der Waals surface area contributed by atoms with Crippen molar-refractivity contribution in [2.45, 2.75) is 37.8 Å². The lowest BCUT2D eigenvalue weighted by Crippen LogP contribution is -2.47. The molecule has 0 spiro atoms. The Hall–Kier alpha value is -2.82. The van der Waals surface area contributed by atoms with Crippen LogP contribution in [0.4, 0.5) is 4.39 Å². The van der Waals surface area contributed by atoms with Gasteiger partial charge >= 0.3 is 0 Å². The molecule has 1 amide bonds. The van der Waals surface area contributed by atoms with Crippen LogP contribution in [0.2, 0.25) is 5.02 Å². The molecule has 8 nitrogen and oxygen atoms in total. The standard InChI is InChI=1S/C21H22ClFN4O4S/c1-3-10-27(12-19-24-17-11-14(22)8-9-15(17)20(28)25-19)21(29)13(2)26-32(30,31)18-7-5-4-6-16(18)23/h4-9,11,13,26H,3,10,12H2,1-2H3,(H,24,25,28)/t13-/m0/s1. The second-order valence-corrected chi connectivity index (χ2v) is 9.33. The van der Waals surface area contributed by atoms with Crippen LogP contribution < -0.4 is 10.3 Å². The second kappa shape index (κ2) is 9.76. The largest absolute Gasteiger partial charge is 0.334 e. The van der Waals surface area contributed by atoms with E-state index in [2.05, 4.69) is 14.7 Å². The van der Waals surface area contributed by atoms with E-state index in [1.807, 2.05) is 6.92 Å². The Balaban J connectivity index is 1.83. The van der Waals surface area contributed by atoms with E-state index < -0.39 is 32.7 Å². The number of nitrogens with one attached hydrogen (secondary N) is 2. The molecule has 0 bridgehead atoms. The first-order valence-corrected chi connectivity index (χ1v) is 11.7. The van der Waals surface area contributed by atoms with E-state index in [0.29, 0.717) is 28.9 Å². The van der Waals surface area contributed by atoms with Crippen LogP contribution in [0.15, 0.2) is 52.2 Å². The van der Waals surface area contributed by atoms with Gasteiger partial charge in [0.1, 0.15) is 16.5 Å². The van der Waals surface area contributed by atoms with Gasteiger partial charge in [0.05, 0.1) is 23.5 Å². The number of hydrogen-bond acceptors (Lipinski definition) is 5. The molecule has 1 aromatic heterocycles. The Kier molecular flexibility index (Phi) is 7.27. The maximum atomic E-state index is 13.9. The van der Waals surface area contributed by atoms with Crippen LogP contribution in [0.5, 0.6) is 0 Å². The van der Waals surface area contributed by atoms with Crippen molar-refractivity contribution in [3.05, 3.63) is 69.5 Å². The smallest absolute Gasteiger partial charge is 0.258 e. The zero-order chi connectivity index (χ0) is 23.5. The van der Waals surface area contributed by atoms with Crippen LogP contribution in [0, 0.1) is 5.82 Å². The van der Waals surface area contributed by atoms with Crippen molar-refractivity contribution in [2.24, 2.45) is 0 Å². The zero-order valence-corrected chi connectivity index (χ0v) is 19.0. The first kappa shape index (κ1) is 23.8. The van der Waals surface area contributed by atoms with Gasteiger partial charge in [0.25, 0.3) is 5.56 Å². The van der Waals surface area contributed by atoms with E-state index in [1.54, 1.807) is 18.2 Å². The molecule has 1 heterocycles. The maximum absolute atomic E-state index is 13.9. The average molecular weight is 481 g/mol. The van der Waals surface area contributed by atoms with Gasteiger partial charge in [-0.2, -0.15) is 4.72 Å². The normalized spacial score (nSPS) is 12.6. The van der Waals surface area contributed by atoms with E-state index in [9.17, 15) is 22.4 Å². The third-order valence-electron chi connectivity index (χ3n) is 4.69. The monoisotopic (exact) mass is 480 g/mol. The minimum absolute atomic E-state index is 0.0455. The van der Waals surface area contributed by atoms with Gasteiger partial charge in [-0.05, 0) is 43.7 Å². The third-order valence-corrected chi connectivity index (χ3v) is 6.50. The number of fused-ring (bicyclic) bond motifs is 1. The minimum atomic E-state index is -4.26. The Morgan fingerprint density at radius 2 is 2.00 bits per heavy atom. The molecule has 0 radical (unpaired) electrons. The number of benzene rings is 2. The van der Waals surface area contributed by atoms with Gasteiger partial charge in [0.15, 0.2) is 0 Å². The summed E-state index contributed by atoms with van der Waals surface area (Å²) in [6.07, 6.45) is 0.585. The lowest BCUT2D eigenvalue weighted by Gasteiger charge is -2.25. The van der Waals surface area contributed by atoms with Crippen LogP contribution in [-0.2, 0) is 21.4 Å². The summed E-state index contributed by atoms with van der Waals surface area (Å²) in [5, 5.41) is 0.775.